The number of aromatic nitrogens is 1. The Morgan fingerprint density at radius 3 is 2.52 bits per heavy atom. The standard InChI is InChI=1S/C19H21FN4O5/c1-5-29-17-14(7-6-10-21-17)18(26)23(19(2,3)4)22-16(25)13-9-8-12(24(27)28)11-15(13)20/h6-11H,5H2,1-4H3,(H,22,25). The summed E-state index contributed by atoms with van der Waals surface area (Å²) in [7, 11) is 0. The van der Waals surface area contributed by atoms with E-state index in [1.54, 1.807) is 33.8 Å². The number of nitro groups is 1. The van der Waals surface area contributed by atoms with Crippen molar-refractivity contribution in [2.45, 2.75) is 33.2 Å². The second-order valence-electron chi connectivity index (χ2n) is 6.96. The van der Waals surface area contributed by atoms with Crippen LogP contribution in [0.15, 0.2) is 36.5 Å². The van der Waals surface area contributed by atoms with Gasteiger partial charge in [0.25, 0.3) is 17.5 Å². The zero-order chi connectivity index (χ0) is 21.8. The van der Waals surface area contributed by atoms with Crippen molar-refractivity contribution in [3.05, 3.63) is 63.6 Å². The molecule has 29 heavy (non-hydrogen) atoms. The second-order valence-corrected chi connectivity index (χ2v) is 6.96. The maximum absolute atomic E-state index is 14.2. The van der Waals surface area contributed by atoms with Crippen molar-refractivity contribution in [2.24, 2.45) is 0 Å². The van der Waals surface area contributed by atoms with Crippen LogP contribution >= 0.6 is 0 Å². The van der Waals surface area contributed by atoms with Gasteiger partial charge in [-0.1, -0.05) is 0 Å². The first-order valence-corrected chi connectivity index (χ1v) is 8.73. The molecule has 154 valence electrons. The van der Waals surface area contributed by atoms with E-state index in [2.05, 4.69) is 10.4 Å². The normalized spacial score (nSPS) is 10.9. The van der Waals surface area contributed by atoms with Gasteiger partial charge in [-0.3, -0.25) is 25.1 Å². The summed E-state index contributed by atoms with van der Waals surface area (Å²) in [6, 6.07) is 5.69. The van der Waals surface area contributed by atoms with Crippen molar-refractivity contribution in [2.75, 3.05) is 6.61 Å². The molecular weight excluding hydrogens is 383 g/mol. The molecule has 2 aromatic rings. The monoisotopic (exact) mass is 404 g/mol. The minimum absolute atomic E-state index is 0.102. The van der Waals surface area contributed by atoms with Gasteiger partial charge in [0.05, 0.1) is 28.7 Å². The number of hydrogen-bond acceptors (Lipinski definition) is 6. The quantitative estimate of drug-likeness (QED) is 0.605. The van der Waals surface area contributed by atoms with Crippen molar-refractivity contribution in [1.29, 1.82) is 0 Å². The molecule has 2 amide bonds. The summed E-state index contributed by atoms with van der Waals surface area (Å²) >= 11 is 0. The van der Waals surface area contributed by atoms with E-state index in [1.807, 2.05) is 0 Å². The van der Waals surface area contributed by atoms with E-state index in [0.717, 1.165) is 17.1 Å². The van der Waals surface area contributed by atoms with E-state index >= 15 is 0 Å². The summed E-state index contributed by atoms with van der Waals surface area (Å²) in [5, 5.41) is 11.8. The Bertz CT molecular complexity index is 942. The summed E-state index contributed by atoms with van der Waals surface area (Å²) in [5.41, 5.74) is 0.693. The van der Waals surface area contributed by atoms with E-state index in [1.165, 1.54) is 12.3 Å². The van der Waals surface area contributed by atoms with E-state index in [0.29, 0.717) is 6.07 Å². The smallest absolute Gasteiger partial charge is 0.278 e. The van der Waals surface area contributed by atoms with E-state index in [-0.39, 0.29) is 18.1 Å². The summed E-state index contributed by atoms with van der Waals surface area (Å²) in [5.74, 6) is -2.51. The molecule has 9 nitrogen and oxygen atoms in total. The van der Waals surface area contributed by atoms with Crippen LogP contribution in [0.2, 0.25) is 0 Å². The van der Waals surface area contributed by atoms with E-state index in [9.17, 15) is 24.1 Å². The largest absolute Gasteiger partial charge is 0.477 e. The number of amides is 2. The maximum Gasteiger partial charge on any atom is 0.278 e. The van der Waals surface area contributed by atoms with Crippen molar-refractivity contribution in [3.8, 4) is 5.88 Å². The van der Waals surface area contributed by atoms with Crippen LogP contribution in [0.4, 0.5) is 10.1 Å². The molecule has 0 atom stereocenters. The molecule has 0 radical (unpaired) electrons. The van der Waals surface area contributed by atoms with Crippen LogP contribution in [0.25, 0.3) is 0 Å². The van der Waals surface area contributed by atoms with Crippen LogP contribution in [0.5, 0.6) is 5.88 Å². The maximum atomic E-state index is 14.2. The van der Waals surface area contributed by atoms with Crippen LogP contribution in [0.3, 0.4) is 0 Å². The molecule has 1 aromatic carbocycles. The molecule has 0 aliphatic heterocycles. The number of carbonyl (C=O) groups is 2. The number of nitro benzene ring substituents is 1. The molecule has 1 N–H and O–H groups in total. The number of hydrogen-bond donors (Lipinski definition) is 1. The van der Waals surface area contributed by atoms with Crippen LogP contribution in [0.1, 0.15) is 48.4 Å². The Morgan fingerprint density at radius 1 is 1.28 bits per heavy atom. The van der Waals surface area contributed by atoms with Gasteiger partial charge in [-0.25, -0.2) is 14.4 Å². The van der Waals surface area contributed by atoms with Crippen LogP contribution in [0, 0.1) is 15.9 Å². The van der Waals surface area contributed by atoms with Crippen molar-refractivity contribution in [3.63, 3.8) is 0 Å². The molecule has 2 rings (SSSR count). The highest BCUT2D eigenvalue weighted by molar-refractivity contribution is 6.00. The summed E-state index contributed by atoms with van der Waals surface area (Å²) in [6.07, 6.45) is 1.47. The Morgan fingerprint density at radius 2 is 1.97 bits per heavy atom. The van der Waals surface area contributed by atoms with E-state index < -0.39 is 39.3 Å². The Balaban J connectivity index is 2.36. The highest BCUT2D eigenvalue weighted by Gasteiger charge is 2.32. The van der Waals surface area contributed by atoms with Crippen LogP contribution < -0.4 is 10.2 Å². The lowest BCUT2D eigenvalue weighted by Gasteiger charge is -2.35. The Hall–Kier alpha value is -3.56. The number of nitrogens with one attached hydrogen (secondary N) is 1. The first-order valence-electron chi connectivity index (χ1n) is 8.73. The Labute approximate surface area is 166 Å². The van der Waals surface area contributed by atoms with Crippen LogP contribution in [-0.2, 0) is 0 Å². The van der Waals surface area contributed by atoms with Crippen molar-refractivity contribution >= 4 is 17.5 Å². The molecule has 0 aliphatic carbocycles. The first kappa shape index (κ1) is 21.7. The molecule has 0 fully saturated rings. The van der Waals surface area contributed by atoms with Crippen molar-refractivity contribution in [1.82, 2.24) is 15.4 Å². The SMILES string of the molecule is CCOc1ncccc1C(=O)N(NC(=O)c1ccc([N+](=O)[O-])cc1F)C(C)(C)C. The third-order valence-corrected chi connectivity index (χ3v) is 3.78. The fourth-order valence-corrected chi connectivity index (χ4v) is 2.41. The number of hydrazine groups is 1. The number of nitrogens with zero attached hydrogens (tertiary/aromatic N) is 3. The lowest BCUT2D eigenvalue weighted by Crippen LogP contribution is -2.56. The zero-order valence-electron chi connectivity index (χ0n) is 16.4. The van der Waals surface area contributed by atoms with Gasteiger partial charge in [0.15, 0.2) is 0 Å². The average Bonchev–Trinajstić information content (AvgIpc) is 2.65. The fourth-order valence-electron chi connectivity index (χ4n) is 2.41. The lowest BCUT2D eigenvalue weighted by molar-refractivity contribution is -0.385. The van der Waals surface area contributed by atoms with E-state index in [4.69, 9.17) is 4.74 Å². The molecule has 0 saturated carbocycles. The number of carbonyl (C=O) groups excluding carboxylic acids is 2. The number of rotatable bonds is 5. The molecule has 10 heteroatoms. The highest BCUT2D eigenvalue weighted by Crippen LogP contribution is 2.22. The lowest BCUT2D eigenvalue weighted by atomic mass is 10.1. The predicted molar refractivity (Wildman–Crippen MR) is 102 cm³/mol. The summed E-state index contributed by atoms with van der Waals surface area (Å²) < 4.78 is 19.6. The number of benzene rings is 1. The third kappa shape index (κ3) is 5.03. The van der Waals surface area contributed by atoms with Gasteiger partial charge in [-0.05, 0) is 45.9 Å². The molecule has 0 bridgehead atoms. The number of halogens is 1. The number of pyridine rings is 1. The second kappa shape index (κ2) is 8.63. The predicted octanol–water partition coefficient (Wildman–Crippen LogP) is 3.11. The van der Waals surface area contributed by atoms with Gasteiger partial charge in [0, 0.05) is 12.3 Å². The van der Waals surface area contributed by atoms with Gasteiger partial charge in [0.1, 0.15) is 11.4 Å². The minimum atomic E-state index is -1.07. The first-order chi connectivity index (χ1) is 13.6. The molecule has 0 unspecified atom stereocenters. The summed E-state index contributed by atoms with van der Waals surface area (Å²) in [4.78, 5) is 39.7. The molecule has 0 saturated heterocycles. The Kier molecular flexibility index (Phi) is 6.47. The van der Waals surface area contributed by atoms with Gasteiger partial charge in [-0.15, -0.1) is 0 Å². The topological polar surface area (TPSA) is 115 Å². The number of non-ortho nitro benzene ring substituents is 1. The molecule has 1 heterocycles. The average molecular weight is 404 g/mol. The number of ether oxygens (including phenoxy) is 1. The van der Waals surface area contributed by atoms with Gasteiger partial charge in [0.2, 0.25) is 5.88 Å². The third-order valence-electron chi connectivity index (χ3n) is 3.78. The summed E-state index contributed by atoms with van der Waals surface area (Å²) in [6.45, 7) is 7.05. The molecule has 1 aromatic heterocycles. The van der Waals surface area contributed by atoms with Crippen LogP contribution in [-0.4, -0.2) is 38.9 Å². The van der Waals surface area contributed by atoms with Gasteiger partial charge < -0.3 is 4.74 Å². The molecular formula is C19H21FN4O5. The van der Waals surface area contributed by atoms with Crippen molar-refractivity contribution < 1.29 is 23.6 Å². The fraction of sp³-hybridized carbons (Fsp3) is 0.316. The van der Waals surface area contributed by atoms with Gasteiger partial charge in [-0.2, -0.15) is 0 Å². The molecule has 0 aliphatic rings. The zero-order valence-corrected chi connectivity index (χ0v) is 16.4. The minimum Gasteiger partial charge on any atom is -0.477 e. The highest BCUT2D eigenvalue weighted by atomic mass is 19.1. The molecule has 0 spiro atoms. The van der Waals surface area contributed by atoms with Gasteiger partial charge >= 0.3 is 0 Å².